The first-order valence-corrected chi connectivity index (χ1v) is 6.51. The predicted octanol–water partition coefficient (Wildman–Crippen LogP) is 2.34. The summed E-state index contributed by atoms with van der Waals surface area (Å²) < 4.78 is 43.3. The lowest BCUT2D eigenvalue weighted by molar-refractivity contribution is -0.0521. The van der Waals surface area contributed by atoms with E-state index in [4.69, 9.17) is 0 Å². The second-order valence-electron chi connectivity index (χ2n) is 4.47. The molecule has 0 atom stereocenters. The van der Waals surface area contributed by atoms with Crippen LogP contribution in [0.2, 0.25) is 0 Å². The number of ether oxygens (including phenoxy) is 1. The molecule has 0 radical (unpaired) electrons. The van der Waals surface area contributed by atoms with E-state index >= 15 is 0 Å². The Hall–Kier alpha value is -3.04. The molecule has 0 unspecified atom stereocenters. The third-order valence-corrected chi connectivity index (χ3v) is 2.90. The van der Waals surface area contributed by atoms with Crippen molar-refractivity contribution in [1.29, 1.82) is 0 Å². The number of rotatable bonds is 6. The molecule has 3 rings (SSSR count). The average Bonchev–Trinajstić information content (AvgIpc) is 3.18. The fourth-order valence-electron chi connectivity index (χ4n) is 1.87. The molecule has 0 aliphatic carbocycles. The minimum absolute atomic E-state index is 0.349. The fourth-order valence-corrected chi connectivity index (χ4v) is 1.87. The second-order valence-corrected chi connectivity index (χ2v) is 4.47. The number of hydrogen-bond donors (Lipinski definition) is 2. The first-order chi connectivity index (χ1) is 11.1. The van der Waals surface area contributed by atoms with Crippen LogP contribution in [0.1, 0.15) is 5.69 Å². The molecular weight excluding hydrogens is 313 g/mol. The molecule has 0 saturated heterocycles. The van der Waals surface area contributed by atoms with Crippen LogP contribution in [0.3, 0.4) is 0 Å². The zero-order chi connectivity index (χ0) is 16.2. The lowest BCUT2D eigenvalue weighted by atomic mass is 10.3. The lowest BCUT2D eigenvalue weighted by Gasteiger charge is -2.07. The van der Waals surface area contributed by atoms with Crippen molar-refractivity contribution in [2.75, 3.05) is 5.32 Å². The molecule has 3 aromatic rings. The van der Waals surface area contributed by atoms with Crippen molar-refractivity contribution in [2.45, 2.75) is 13.2 Å². The van der Waals surface area contributed by atoms with Gasteiger partial charge < -0.3 is 10.1 Å². The first kappa shape index (κ1) is 14.9. The number of H-pyrrole nitrogens is 1. The highest BCUT2D eigenvalue weighted by Gasteiger charge is 2.12. The second kappa shape index (κ2) is 6.38. The van der Waals surface area contributed by atoms with Crippen molar-refractivity contribution in [2.24, 2.45) is 0 Å². The monoisotopic (exact) mass is 324 g/mol. The van der Waals surface area contributed by atoms with E-state index < -0.39 is 18.2 Å². The molecule has 0 fully saturated rings. The highest BCUT2D eigenvalue weighted by molar-refractivity contribution is 5.40. The predicted molar refractivity (Wildman–Crippen MR) is 73.9 cm³/mol. The van der Waals surface area contributed by atoms with E-state index in [9.17, 15) is 13.2 Å². The summed E-state index contributed by atoms with van der Waals surface area (Å²) in [5.74, 6) is -0.714. The van der Waals surface area contributed by atoms with Crippen molar-refractivity contribution in [1.82, 2.24) is 25.2 Å². The minimum atomic E-state index is -3.11. The van der Waals surface area contributed by atoms with Crippen molar-refractivity contribution in [3.8, 4) is 11.4 Å². The van der Waals surface area contributed by atoms with Crippen molar-refractivity contribution >= 4 is 5.82 Å². The van der Waals surface area contributed by atoms with Crippen molar-refractivity contribution < 1.29 is 17.9 Å². The Morgan fingerprint density at radius 1 is 1.30 bits per heavy atom. The maximum Gasteiger partial charge on any atom is 0.387 e. The molecule has 10 heteroatoms. The normalized spacial score (nSPS) is 11.0. The van der Waals surface area contributed by atoms with Gasteiger partial charge in [0.25, 0.3) is 0 Å². The molecule has 2 aromatic heterocycles. The van der Waals surface area contributed by atoms with Gasteiger partial charge in [0, 0.05) is 6.07 Å². The highest BCUT2D eigenvalue weighted by atomic mass is 19.3. The summed E-state index contributed by atoms with van der Waals surface area (Å²) in [6.45, 7) is -2.73. The smallest absolute Gasteiger partial charge is 0.387 e. The van der Waals surface area contributed by atoms with Gasteiger partial charge in [-0.1, -0.05) is 5.21 Å². The average molecular weight is 324 g/mol. The van der Waals surface area contributed by atoms with Gasteiger partial charge in [0.05, 0.1) is 24.6 Å². The Morgan fingerprint density at radius 2 is 2.17 bits per heavy atom. The molecule has 0 saturated carbocycles. The van der Waals surface area contributed by atoms with E-state index in [-0.39, 0.29) is 0 Å². The standard InChI is InChI=1S/C13H11F3N6O/c14-10-2-1-9(5-11(10)23-13(15)16)22-7-8(19-21-22)6-17-12-3-4-18-20-12/h1-5,7,13H,6H2,(H2,17,18,20). The maximum absolute atomic E-state index is 13.4. The molecule has 0 aliphatic heterocycles. The Balaban J connectivity index is 1.74. The van der Waals surface area contributed by atoms with Gasteiger partial charge in [-0.15, -0.1) is 5.10 Å². The number of aromatic nitrogens is 5. The Morgan fingerprint density at radius 3 is 2.91 bits per heavy atom. The van der Waals surface area contributed by atoms with Crippen LogP contribution in [-0.4, -0.2) is 31.8 Å². The first-order valence-electron chi connectivity index (χ1n) is 6.51. The van der Waals surface area contributed by atoms with Crippen LogP contribution < -0.4 is 10.1 Å². The summed E-state index contributed by atoms with van der Waals surface area (Å²) >= 11 is 0. The summed E-state index contributed by atoms with van der Waals surface area (Å²) in [6.07, 6.45) is 3.19. The van der Waals surface area contributed by atoms with Gasteiger partial charge in [-0.05, 0) is 18.2 Å². The third kappa shape index (κ3) is 3.59. The zero-order valence-electron chi connectivity index (χ0n) is 11.6. The molecule has 7 nitrogen and oxygen atoms in total. The SMILES string of the molecule is Fc1ccc(-n2cc(CNc3ccn[nH]3)nn2)cc1OC(F)F. The van der Waals surface area contributed by atoms with Crippen LogP contribution in [0.25, 0.3) is 5.69 Å². The highest BCUT2D eigenvalue weighted by Crippen LogP contribution is 2.22. The number of aromatic amines is 1. The van der Waals surface area contributed by atoms with Gasteiger partial charge in [0.15, 0.2) is 11.6 Å². The van der Waals surface area contributed by atoms with Crippen LogP contribution in [0.15, 0.2) is 36.7 Å². The number of anilines is 1. The largest absolute Gasteiger partial charge is 0.432 e. The molecule has 1 aromatic carbocycles. The van der Waals surface area contributed by atoms with E-state index in [1.807, 2.05) is 0 Å². The lowest BCUT2D eigenvalue weighted by Crippen LogP contribution is -2.05. The van der Waals surface area contributed by atoms with Crippen LogP contribution in [0.4, 0.5) is 19.0 Å². The van der Waals surface area contributed by atoms with Crippen molar-refractivity contribution in [3.05, 3.63) is 48.2 Å². The van der Waals surface area contributed by atoms with Gasteiger partial charge in [-0.3, -0.25) is 5.10 Å². The number of benzene rings is 1. The summed E-state index contributed by atoms with van der Waals surface area (Å²) in [5.41, 5.74) is 0.947. The Bertz CT molecular complexity index is 774. The van der Waals surface area contributed by atoms with E-state index in [1.165, 1.54) is 10.7 Å². The molecular formula is C13H11F3N6O. The van der Waals surface area contributed by atoms with Crippen LogP contribution in [-0.2, 0) is 6.54 Å². The Labute approximate surface area is 128 Å². The molecule has 0 spiro atoms. The Kier molecular flexibility index (Phi) is 4.13. The van der Waals surface area contributed by atoms with Gasteiger partial charge >= 0.3 is 6.61 Å². The summed E-state index contributed by atoms with van der Waals surface area (Å²) in [7, 11) is 0. The molecule has 0 amide bonds. The van der Waals surface area contributed by atoms with Crippen LogP contribution >= 0.6 is 0 Å². The summed E-state index contributed by atoms with van der Waals surface area (Å²) in [6, 6.07) is 5.28. The van der Waals surface area contributed by atoms with E-state index in [2.05, 4.69) is 30.6 Å². The maximum atomic E-state index is 13.4. The van der Waals surface area contributed by atoms with Crippen LogP contribution in [0.5, 0.6) is 5.75 Å². The zero-order valence-corrected chi connectivity index (χ0v) is 11.6. The molecule has 23 heavy (non-hydrogen) atoms. The number of nitrogens with one attached hydrogen (secondary N) is 2. The third-order valence-electron chi connectivity index (χ3n) is 2.90. The minimum Gasteiger partial charge on any atom is -0.432 e. The molecule has 0 bridgehead atoms. The summed E-state index contributed by atoms with van der Waals surface area (Å²) in [5, 5.41) is 17.4. The molecule has 2 heterocycles. The van der Waals surface area contributed by atoms with E-state index in [0.29, 0.717) is 23.7 Å². The summed E-state index contributed by atoms with van der Waals surface area (Å²) in [4.78, 5) is 0. The molecule has 120 valence electrons. The number of halogens is 3. The fraction of sp³-hybridized carbons (Fsp3) is 0.154. The quantitative estimate of drug-likeness (QED) is 0.727. The number of hydrogen-bond acceptors (Lipinski definition) is 5. The van der Waals surface area contributed by atoms with E-state index in [0.717, 1.165) is 12.1 Å². The topological polar surface area (TPSA) is 80.7 Å². The van der Waals surface area contributed by atoms with Gasteiger partial charge in [0.1, 0.15) is 11.5 Å². The van der Waals surface area contributed by atoms with Gasteiger partial charge in [-0.2, -0.15) is 13.9 Å². The van der Waals surface area contributed by atoms with E-state index in [1.54, 1.807) is 18.5 Å². The molecule has 2 N–H and O–H groups in total. The molecule has 0 aliphatic rings. The van der Waals surface area contributed by atoms with Gasteiger partial charge in [-0.25, -0.2) is 9.07 Å². The number of alkyl halides is 2. The van der Waals surface area contributed by atoms with Crippen molar-refractivity contribution in [3.63, 3.8) is 0 Å². The van der Waals surface area contributed by atoms with Crippen LogP contribution in [0, 0.1) is 5.82 Å². The number of nitrogens with zero attached hydrogens (tertiary/aromatic N) is 4. The van der Waals surface area contributed by atoms with Gasteiger partial charge in [0.2, 0.25) is 0 Å².